The summed E-state index contributed by atoms with van der Waals surface area (Å²) >= 11 is 4.98. The van der Waals surface area contributed by atoms with Crippen LogP contribution < -0.4 is 5.73 Å². The quantitative estimate of drug-likeness (QED) is 0.841. The number of rotatable bonds is 5. The molecule has 1 heterocycles. The van der Waals surface area contributed by atoms with Gasteiger partial charge in [-0.2, -0.15) is 0 Å². The zero-order valence-electron chi connectivity index (χ0n) is 12.1. The average Bonchev–Trinajstić information content (AvgIpc) is 2.43. The van der Waals surface area contributed by atoms with Gasteiger partial charge in [-0.3, -0.25) is 4.90 Å². The molecular weight excluding hydrogens is 271 g/mol. The summed E-state index contributed by atoms with van der Waals surface area (Å²) in [5.41, 5.74) is 7.09. The van der Waals surface area contributed by atoms with Gasteiger partial charge in [0, 0.05) is 23.7 Å². The lowest BCUT2D eigenvalue weighted by Gasteiger charge is -2.35. The van der Waals surface area contributed by atoms with E-state index >= 15 is 0 Å². The standard InChI is InChI=1S/C16H23FN2S/c1-2-5-14-6-3-4-9-19(14)11-13-10-12(16(18)20)7-8-15(13)17/h7-8,10,14H,2-6,9,11H2,1H3,(H2,18,20). The summed E-state index contributed by atoms with van der Waals surface area (Å²) in [6, 6.07) is 5.51. The zero-order chi connectivity index (χ0) is 14.5. The summed E-state index contributed by atoms with van der Waals surface area (Å²) in [6.07, 6.45) is 6.09. The second-order valence-corrected chi connectivity index (χ2v) is 6.02. The predicted octanol–water partition coefficient (Wildman–Crippen LogP) is 3.61. The minimum Gasteiger partial charge on any atom is -0.389 e. The van der Waals surface area contributed by atoms with Crippen molar-refractivity contribution in [3.8, 4) is 0 Å². The van der Waals surface area contributed by atoms with Crippen LogP contribution in [0.2, 0.25) is 0 Å². The van der Waals surface area contributed by atoms with Crippen molar-refractivity contribution >= 4 is 17.2 Å². The fourth-order valence-corrected chi connectivity index (χ4v) is 3.12. The number of likely N-dealkylation sites (tertiary alicyclic amines) is 1. The van der Waals surface area contributed by atoms with Crippen LogP contribution in [-0.2, 0) is 6.54 Å². The van der Waals surface area contributed by atoms with Gasteiger partial charge in [-0.05, 0) is 44.0 Å². The van der Waals surface area contributed by atoms with Crippen molar-refractivity contribution in [2.75, 3.05) is 6.54 Å². The van der Waals surface area contributed by atoms with Crippen LogP contribution in [0.4, 0.5) is 4.39 Å². The van der Waals surface area contributed by atoms with Crippen molar-refractivity contribution in [3.05, 3.63) is 35.1 Å². The number of benzene rings is 1. The first-order chi connectivity index (χ1) is 9.61. The molecule has 1 aliphatic rings. The smallest absolute Gasteiger partial charge is 0.127 e. The van der Waals surface area contributed by atoms with Gasteiger partial charge in [0.25, 0.3) is 0 Å². The van der Waals surface area contributed by atoms with Crippen LogP contribution in [0.15, 0.2) is 18.2 Å². The maximum atomic E-state index is 14.0. The molecule has 1 fully saturated rings. The van der Waals surface area contributed by atoms with Crippen molar-refractivity contribution in [3.63, 3.8) is 0 Å². The number of nitrogens with two attached hydrogens (primary N) is 1. The number of halogens is 1. The van der Waals surface area contributed by atoms with E-state index in [1.807, 2.05) is 0 Å². The number of thiocarbonyl (C=S) groups is 1. The predicted molar refractivity (Wildman–Crippen MR) is 85.2 cm³/mol. The Kier molecular flexibility index (Phi) is 5.49. The van der Waals surface area contributed by atoms with E-state index in [4.69, 9.17) is 18.0 Å². The van der Waals surface area contributed by atoms with Crippen LogP contribution in [0.25, 0.3) is 0 Å². The molecule has 0 saturated carbocycles. The molecule has 0 spiro atoms. The summed E-state index contributed by atoms with van der Waals surface area (Å²) in [5.74, 6) is -0.161. The van der Waals surface area contributed by atoms with E-state index in [0.29, 0.717) is 23.1 Å². The third-order valence-corrected chi connectivity index (χ3v) is 4.31. The second kappa shape index (κ2) is 7.14. The molecule has 110 valence electrons. The summed E-state index contributed by atoms with van der Waals surface area (Å²) in [5, 5.41) is 0. The Hall–Kier alpha value is -1.00. The van der Waals surface area contributed by atoms with E-state index < -0.39 is 0 Å². The van der Waals surface area contributed by atoms with E-state index in [-0.39, 0.29) is 5.82 Å². The van der Waals surface area contributed by atoms with Crippen LogP contribution in [-0.4, -0.2) is 22.5 Å². The topological polar surface area (TPSA) is 29.3 Å². The van der Waals surface area contributed by atoms with E-state index in [0.717, 1.165) is 12.1 Å². The Morgan fingerprint density at radius 1 is 1.45 bits per heavy atom. The Morgan fingerprint density at radius 3 is 2.95 bits per heavy atom. The average molecular weight is 294 g/mol. The van der Waals surface area contributed by atoms with Crippen LogP contribution in [0.5, 0.6) is 0 Å². The fraction of sp³-hybridized carbons (Fsp3) is 0.562. The van der Waals surface area contributed by atoms with Crippen molar-refractivity contribution in [1.82, 2.24) is 4.90 Å². The Morgan fingerprint density at radius 2 is 2.25 bits per heavy atom. The lowest BCUT2D eigenvalue weighted by atomic mass is 9.97. The van der Waals surface area contributed by atoms with Gasteiger partial charge < -0.3 is 5.73 Å². The van der Waals surface area contributed by atoms with Gasteiger partial charge in [-0.1, -0.05) is 32.0 Å². The highest BCUT2D eigenvalue weighted by atomic mass is 32.1. The molecule has 1 unspecified atom stereocenters. The first-order valence-electron chi connectivity index (χ1n) is 7.44. The second-order valence-electron chi connectivity index (χ2n) is 5.58. The van der Waals surface area contributed by atoms with Gasteiger partial charge in [0.05, 0.1) is 0 Å². The van der Waals surface area contributed by atoms with Crippen LogP contribution in [0, 0.1) is 5.82 Å². The van der Waals surface area contributed by atoms with Crippen molar-refractivity contribution in [2.45, 2.75) is 51.6 Å². The van der Waals surface area contributed by atoms with E-state index in [1.54, 1.807) is 12.1 Å². The molecule has 2 rings (SSSR count). The van der Waals surface area contributed by atoms with Gasteiger partial charge >= 0.3 is 0 Å². The normalized spacial score (nSPS) is 20.0. The SMILES string of the molecule is CCCC1CCCCN1Cc1cc(C(N)=S)ccc1F. The van der Waals surface area contributed by atoms with Crippen molar-refractivity contribution in [2.24, 2.45) is 5.73 Å². The molecule has 4 heteroatoms. The maximum absolute atomic E-state index is 14.0. The molecule has 1 aromatic carbocycles. The van der Waals surface area contributed by atoms with Crippen LogP contribution in [0.1, 0.15) is 50.2 Å². The number of hydrogen-bond acceptors (Lipinski definition) is 2. The van der Waals surface area contributed by atoms with Gasteiger partial charge in [0.2, 0.25) is 0 Å². The highest BCUT2D eigenvalue weighted by molar-refractivity contribution is 7.80. The maximum Gasteiger partial charge on any atom is 0.127 e. The molecule has 0 aliphatic carbocycles. The van der Waals surface area contributed by atoms with Gasteiger partial charge in [0.15, 0.2) is 0 Å². The third-order valence-electron chi connectivity index (χ3n) is 4.07. The fourth-order valence-electron chi connectivity index (χ4n) is 3.00. The zero-order valence-corrected chi connectivity index (χ0v) is 12.9. The third kappa shape index (κ3) is 3.76. The van der Waals surface area contributed by atoms with Gasteiger partial charge in [-0.25, -0.2) is 4.39 Å². The Bertz CT molecular complexity index is 474. The van der Waals surface area contributed by atoms with Crippen LogP contribution in [0.3, 0.4) is 0 Å². The van der Waals surface area contributed by atoms with E-state index in [9.17, 15) is 4.39 Å². The van der Waals surface area contributed by atoms with Gasteiger partial charge in [-0.15, -0.1) is 0 Å². The number of nitrogens with zero attached hydrogens (tertiary/aromatic N) is 1. The monoisotopic (exact) mass is 294 g/mol. The van der Waals surface area contributed by atoms with Gasteiger partial charge in [0.1, 0.15) is 10.8 Å². The molecule has 20 heavy (non-hydrogen) atoms. The lowest BCUT2D eigenvalue weighted by Crippen LogP contribution is -2.39. The Labute approximate surface area is 126 Å². The minimum atomic E-state index is -0.161. The molecule has 2 N–H and O–H groups in total. The summed E-state index contributed by atoms with van der Waals surface area (Å²) in [4.78, 5) is 2.74. The molecule has 0 bridgehead atoms. The highest BCUT2D eigenvalue weighted by Crippen LogP contribution is 2.24. The summed E-state index contributed by atoms with van der Waals surface area (Å²) in [6.45, 7) is 3.93. The molecular formula is C16H23FN2S. The van der Waals surface area contributed by atoms with E-state index in [2.05, 4.69) is 11.8 Å². The van der Waals surface area contributed by atoms with E-state index in [1.165, 1.54) is 38.2 Å². The summed E-state index contributed by atoms with van der Waals surface area (Å²) < 4.78 is 14.0. The van der Waals surface area contributed by atoms with Crippen LogP contribution >= 0.6 is 12.2 Å². The number of piperidine rings is 1. The molecule has 0 amide bonds. The molecule has 0 aromatic heterocycles. The van der Waals surface area contributed by atoms with Crippen molar-refractivity contribution in [1.29, 1.82) is 0 Å². The molecule has 2 nitrogen and oxygen atoms in total. The molecule has 1 aliphatic heterocycles. The minimum absolute atomic E-state index is 0.161. The first kappa shape index (κ1) is 15.4. The largest absolute Gasteiger partial charge is 0.389 e. The highest BCUT2D eigenvalue weighted by Gasteiger charge is 2.22. The molecule has 1 aromatic rings. The molecule has 0 radical (unpaired) electrons. The summed E-state index contributed by atoms with van der Waals surface area (Å²) in [7, 11) is 0. The Balaban J connectivity index is 2.14. The molecule has 1 saturated heterocycles. The molecule has 1 atom stereocenters. The lowest BCUT2D eigenvalue weighted by molar-refractivity contribution is 0.130. The first-order valence-corrected chi connectivity index (χ1v) is 7.85. The van der Waals surface area contributed by atoms with Crippen molar-refractivity contribution < 1.29 is 4.39 Å². The number of hydrogen-bond donors (Lipinski definition) is 1.